The molecule has 0 saturated carbocycles. The fraction of sp³-hybridized carbons (Fsp3) is 1.00. The van der Waals surface area contributed by atoms with Gasteiger partial charge >= 0.3 is 0 Å². The van der Waals surface area contributed by atoms with Gasteiger partial charge in [0.2, 0.25) is 0 Å². The Morgan fingerprint density at radius 1 is 0.875 bits per heavy atom. The molecule has 0 aromatic rings. The SMILES string of the molecule is CCCCCC(C)CCCC(C)CCNO. The maximum absolute atomic E-state index is 8.50. The van der Waals surface area contributed by atoms with Crippen LogP contribution < -0.4 is 5.48 Å². The summed E-state index contributed by atoms with van der Waals surface area (Å²) in [6.45, 7) is 7.66. The number of hydroxylamine groups is 1. The highest BCUT2D eigenvalue weighted by molar-refractivity contribution is 4.58. The lowest BCUT2D eigenvalue weighted by atomic mass is 9.93. The van der Waals surface area contributed by atoms with Crippen molar-refractivity contribution < 1.29 is 5.21 Å². The summed E-state index contributed by atoms with van der Waals surface area (Å²) in [4.78, 5) is 0. The zero-order valence-corrected chi connectivity index (χ0v) is 11.5. The lowest BCUT2D eigenvalue weighted by Gasteiger charge is -2.14. The molecule has 0 aliphatic rings. The topological polar surface area (TPSA) is 32.3 Å². The summed E-state index contributed by atoms with van der Waals surface area (Å²) in [6.07, 6.45) is 10.6. The molecule has 0 heterocycles. The van der Waals surface area contributed by atoms with E-state index in [1.807, 2.05) is 0 Å². The summed E-state index contributed by atoms with van der Waals surface area (Å²) in [6, 6.07) is 0. The van der Waals surface area contributed by atoms with Gasteiger partial charge in [0.15, 0.2) is 0 Å². The fourth-order valence-electron chi connectivity index (χ4n) is 2.16. The van der Waals surface area contributed by atoms with Crippen LogP contribution in [0, 0.1) is 11.8 Å². The molecule has 16 heavy (non-hydrogen) atoms. The van der Waals surface area contributed by atoms with E-state index >= 15 is 0 Å². The third-order valence-corrected chi connectivity index (χ3v) is 3.44. The maximum atomic E-state index is 8.50. The highest BCUT2D eigenvalue weighted by atomic mass is 16.5. The summed E-state index contributed by atoms with van der Waals surface area (Å²) in [7, 11) is 0. The van der Waals surface area contributed by atoms with Crippen LogP contribution in [-0.4, -0.2) is 11.8 Å². The van der Waals surface area contributed by atoms with Crippen LogP contribution in [0.1, 0.15) is 72.1 Å². The first-order valence-corrected chi connectivity index (χ1v) is 7.07. The van der Waals surface area contributed by atoms with Crippen LogP contribution in [0.25, 0.3) is 0 Å². The van der Waals surface area contributed by atoms with Crippen LogP contribution in [0.15, 0.2) is 0 Å². The normalized spacial score (nSPS) is 15.0. The molecular weight excluding hydrogens is 198 g/mol. The predicted molar refractivity (Wildman–Crippen MR) is 70.7 cm³/mol. The monoisotopic (exact) mass is 229 g/mol. The minimum atomic E-state index is 0.729. The van der Waals surface area contributed by atoms with Crippen molar-refractivity contribution in [2.75, 3.05) is 6.54 Å². The highest BCUT2D eigenvalue weighted by Gasteiger charge is 2.05. The molecule has 0 spiro atoms. The van der Waals surface area contributed by atoms with E-state index in [-0.39, 0.29) is 0 Å². The first-order valence-electron chi connectivity index (χ1n) is 7.07. The summed E-state index contributed by atoms with van der Waals surface area (Å²) >= 11 is 0. The first-order chi connectivity index (χ1) is 7.70. The molecule has 0 aromatic carbocycles. The van der Waals surface area contributed by atoms with Crippen molar-refractivity contribution in [2.45, 2.75) is 72.1 Å². The molecule has 2 atom stereocenters. The minimum Gasteiger partial charge on any atom is -0.317 e. The Balaban J connectivity index is 3.28. The Bertz CT molecular complexity index is 139. The van der Waals surface area contributed by atoms with Crippen molar-refractivity contribution in [1.82, 2.24) is 5.48 Å². The maximum Gasteiger partial charge on any atom is 0.0210 e. The third kappa shape index (κ3) is 10.4. The van der Waals surface area contributed by atoms with Crippen LogP contribution >= 0.6 is 0 Å². The van der Waals surface area contributed by atoms with Crippen molar-refractivity contribution >= 4 is 0 Å². The second-order valence-corrected chi connectivity index (χ2v) is 5.33. The average molecular weight is 229 g/mol. The fourth-order valence-corrected chi connectivity index (χ4v) is 2.16. The zero-order valence-electron chi connectivity index (χ0n) is 11.5. The van der Waals surface area contributed by atoms with Crippen LogP contribution in [-0.2, 0) is 0 Å². The van der Waals surface area contributed by atoms with E-state index < -0.39 is 0 Å². The predicted octanol–water partition coefficient (Wildman–Crippen LogP) is 4.38. The molecule has 0 aliphatic heterocycles. The van der Waals surface area contributed by atoms with E-state index in [0.29, 0.717) is 0 Å². The summed E-state index contributed by atoms with van der Waals surface area (Å²) in [5, 5.41) is 8.50. The number of rotatable bonds is 11. The molecule has 0 rings (SSSR count). The second kappa shape index (κ2) is 11.4. The van der Waals surface area contributed by atoms with Crippen molar-refractivity contribution in [2.24, 2.45) is 11.8 Å². The second-order valence-electron chi connectivity index (χ2n) is 5.33. The van der Waals surface area contributed by atoms with Gasteiger partial charge in [0.25, 0.3) is 0 Å². The molecule has 0 saturated heterocycles. The number of nitrogens with one attached hydrogen (secondary N) is 1. The Kier molecular flexibility index (Phi) is 11.3. The van der Waals surface area contributed by atoms with Gasteiger partial charge in [0.1, 0.15) is 0 Å². The Labute approximate surface area is 102 Å². The molecule has 2 N–H and O–H groups in total. The van der Waals surface area contributed by atoms with Crippen LogP contribution in [0.3, 0.4) is 0 Å². The molecule has 0 aromatic heterocycles. The smallest absolute Gasteiger partial charge is 0.0210 e. The van der Waals surface area contributed by atoms with E-state index in [2.05, 4.69) is 26.3 Å². The van der Waals surface area contributed by atoms with Crippen molar-refractivity contribution in [1.29, 1.82) is 0 Å². The quantitative estimate of drug-likeness (QED) is 0.407. The molecule has 0 amide bonds. The molecule has 2 nitrogen and oxygen atoms in total. The van der Waals surface area contributed by atoms with Gasteiger partial charge in [-0.25, -0.2) is 5.48 Å². The van der Waals surface area contributed by atoms with E-state index in [4.69, 9.17) is 5.21 Å². The third-order valence-electron chi connectivity index (χ3n) is 3.44. The van der Waals surface area contributed by atoms with Crippen molar-refractivity contribution in [3.63, 3.8) is 0 Å². The van der Waals surface area contributed by atoms with Crippen molar-refractivity contribution in [3.05, 3.63) is 0 Å². The number of hydrogen-bond donors (Lipinski definition) is 2. The van der Waals surface area contributed by atoms with E-state index in [1.54, 1.807) is 0 Å². The molecule has 0 bridgehead atoms. The molecule has 0 fully saturated rings. The van der Waals surface area contributed by atoms with Gasteiger partial charge in [-0.15, -0.1) is 0 Å². The summed E-state index contributed by atoms with van der Waals surface area (Å²) < 4.78 is 0. The van der Waals surface area contributed by atoms with Gasteiger partial charge < -0.3 is 5.21 Å². The number of unbranched alkanes of at least 4 members (excludes halogenated alkanes) is 2. The molecule has 0 radical (unpaired) electrons. The Morgan fingerprint density at radius 2 is 1.44 bits per heavy atom. The van der Waals surface area contributed by atoms with Gasteiger partial charge in [-0.3, -0.25) is 0 Å². The van der Waals surface area contributed by atoms with E-state index in [0.717, 1.165) is 24.8 Å². The highest BCUT2D eigenvalue weighted by Crippen LogP contribution is 2.19. The summed E-state index contributed by atoms with van der Waals surface area (Å²) in [5.41, 5.74) is 2.23. The Hall–Kier alpha value is -0.0800. The van der Waals surface area contributed by atoms with Crippen LogP contribution in [0.4, 0.5) is 0 Å². The average Bonchev–Trinajstić information content (AvgIpc) is 2.26. The molecular formula is C14H31NO. The minimum absolute atomic E-state index is 0.729. The van der Waals surface area contributed by atoms with Crippen LogP contribution in [0.5, 0.6) is 0 Å². The zero-order chi connectivity index (χ0) is 12.2. The molecule has 98 valence electrons. The van der Waals surface area contributed by atoms with Gasteiger partial charge in [-0.2, -0.15) is 0 Å². The lowest BCUT2D eigenvalue weighted by molar-refractivity contribution is 0.159. The van der Waals surface area contributed by atoms with Crippen molar-refractivity contribution in [3.8, 4) is 0 Å². The molecule has 0 aliphatic carbocycles. The van der Waals surface area contributed by atoms with Gasteiger partial charge in [-0.05, 0) is 18.3 Å². The molecule has 2 heteroatoms. The first kappa shape index (κ1) is 15.9. The van der Waals surface area contributed by atoms with E-state index in [1.165, 1.54) is 44.9 Å². The van der Waals surface area contributed by atoms with Gasteiger partial charge in [0.05, 0.1) is 0 Å². The van der Waals surface area contributed by atoms with E-state index in [9.17, 15) is 0 Å². The van der Waals surface area contributed by atoms with Gasteiger partial charge in [0, 0.05) is 6.54 Å². The molecule has 2 unspecified atom stereocenters. The largest absolute Gasteiger partial charge is 0.317 e. The number of hydrogen-bond acceptors (Lipinski definition) is 2. The summed E-state index contributed by atoms with van der Waals surface area (Å²) in [5.74, 6) is 1.64. The van der Waals surface area contributed by atoms with Crippen LogP contribution in [0.2, 0.25) is 0 Å². The lowest BCUT2D eigenvalue weighted by Crippen LogP contribution is -2.12. The Morgan fingerprint density at radius 3 is 2.00 bits per heavy atom. The standard InChI is InChI=1S/C14H31NO/c1-4-5-6-8-13(2)9-7-10-14(3)11-12-15-16/h13-16H,4-12H2,1-3H3. The van der Waals surface area contributed by atoms with Gasteiger partial charge in [-0.1, -0.05) is 65.7 Å².